The fourth-order valence-electron chi connectivity index (χ4n) is 3.22. The minimum atomic E-state index is -0.0253. The summed E-state index contributed by atoms with van der Waals surface area (Å²) >= 11 is 0. The zero-order valence-electron chi connectivity index (χ0n) is 14.5. The highest BCUT2D eigenvalue weighted by Crippen LogP contribution is 2.27. The van der Waals surface area contributed by atoms with Crippen LogP contribution in [0.2, 0.25) is 0 Å². The number of benzene rings is 1. The van der Waals surface area contributed by atoms with E-state index in [-0.39, 0.29) is 5.91 Å². The summed E-state index contributed by atoms with van der Waals surface area (Å²) in [6.07, 6.45) is 4.45. The highest BCUT2D eigenvalue weighted by atomic mass is 16.1. The van der Waals surface area contributed by atoms with Crippen LogP contribution in [0.25, 0.3) is 11.3 Å². The van der Waals surface area contributed by atoms with Crippen LogP contribution in [0.15, 0.2) is 42.6 Å². The fourth-order valence-corrected chi connectivity index (χ4v) is 3.22. The number of likely N-dealkylation sites (tertiary alicyclic amines) is 1. The highest BCUT2D eigenvalue weighted by Gasteiger charge is 2.19. The van der Waals surface area contributed by atoms with Crippen molar-refractivity contribution < 1.29 is 4.79 Å². The molecule has 1 aliphatic rings. The Labute approximate surface area is 143 Å². The molecule has 1 atom stereocenters. The maximum Gasteiger partial charge on any atom is 0.217 e. The first-order valence-corrected chi connectivity index (χ1v) is 8.67. The van der Waals surface area contributed by atoms with Gasteiger partial charge in [0, 0.05) is 31.3 Å². The van der Waals surface area contributed by atoms with Gasteiger partial charge in [-0.15, -0.1) is 0 Å². The van der Waals surface area contributed by atoms with Crippen LogP contribution in [0.3, 0.4) is 0 Å². The molecule has 0 aliphatic carbocycles. The maximum absolute atomic E-state index is 11.0. The van der Waals surface area contributed by atoms with Crippen LogP contribution < -0.4 is 5.32 Å². The van der Waals surface area contributed by atoms with Gasteiger partial charge in [0.2, 0.25) is 5.91 Å². The molecule has 1 amide bonds. The van der Waals surface area contributed by atoms with Crippen molar-refractivity contribution in [1.29, 1.82) is 0 Å². The lowest BCUT2D eigenvalue weighted by Gasteiger charge is -2.24. The minimum Gasteiger partial charge on any atom is -0.352 e. The molecule has 0 spiro atoms. The van der Waals surface area contributed by atoms with E-state index in [0.717, 1.165) is 16.8 Å². The highest BCUT2D eigenvalue weighted by molar-refractivity contribution is 5.72. The molecule has 1 saturated heterocycles. The number of carbonyl (C=O) groups excluding carboxylic acids is 1. The zero-order valence-corrected chi connectivity index (χ0v) is 14.5. The lowest BCUT2D eigenvalue weighted by atomic mass is 10.0. The molecule has 4 heteroatoms. The molecule has 126 valence electrons. The molecule has 1 aromatic carbocycles. The van der Waals surface area contributed by atoms with E-state index < -0.39 is 0 Å². The van der Waals surface area contributed by atoms with Crippen LogP contribution in [-0.4, -0.2) is 28.9 Å². The third kappa shape index (κ3) is 4.01. The van der Waals surface area contributed by atoms with E-state index in [2.05, 4.69) is 46.4 Å². The second kappa shape index (κ2) is 7.58. The Morgan fingerprint density at radius 3 is 2.71 bits per heavy atom. The van der Waals surface area contributed by atoms with E-state index in [0.29, 0.717) is 12.6 Å². The van der Waals surface area contributed by atoms with Crippen molar-refractivity contribution in [1.82, 2.24) is 15.2 Å². The summed E-state index contributed by atoms with van der Waals surface area (Å²) in [5.74, 6) is -0.0253. The lowest BCUT2D eigenvalue weighted by Crippen LogP contribution is -2.23. The molecule has 2 heterocycles. The Balaban J connectivity index is 1.74. The SMILES string of the molecule is CC(=O)NCc1ccc(-c2cccc([C@@H](C)N3CCCC3)c2)nc1. The second-order valence-corrected chi connectivity index (χ2v) is 6.51. The molecule has 1 N–H and O–H groups in total. The van der Waals surface area contributed by atoms with Gasteiger partial charge < -0.3 is 5.32 Å². The van der Waals surface area contributed by atoms with Gasteiger partial charge in [-0.3, -0.25) is 14.7 Å². The summed E-state index contributed by atoms with van der Waals surface area (Å²) in [6.45, 7) is 6.72. The Bertz CT molecular complexity index is 690. The van der Waals surface area contributed by atoms with Crippen molar-refractivity contribution in [3.8, 4) is 11.3 Å². The van der Waals surface area contributed by atoms with Crippen LogP contribution in [0.4, 0.5) is 0 Å². The number of carbonyl (C=O) groups is 1. The number of hydrogen-bond donors (Lipinski definition) is 1. The minimum absolute atomic E-state index is 0.0253. The van der Waals surface area contributed by atoms with E-state index in [1.165, 1.54) is 38.4 Å². The van der Waals surface area contributed by atoms with Gasteiger partial charge in [0.15, 0.2) is 0 Å². The van der Waals surface area contributed by atoms with E-state index in [1.54, 1.807) is 0 Å². The summed E-state index contributed by atoms with van der Waals surface area (Å²) < 4.78 is 0. The fraction of sp³-hybridized carbons (Fsp3) is 0.400. The molecule has 2 aromatic rings. The summed E-state index contributed by atoms with van der Waals surface area (Å²) in [5.41, 5.74) is 4.47. The smallest absolute Gasteiger partial charge is 0.217 e. The van der Waals surface area contributed by atoms with Crippen LogP contribution in [0.5, 0.6) is 0 Å². The lowest BCUT2D eigenvalue weighted by molar-refractivity contribution is -0.119. The van der Waals surface area contributed by atoms with Crippen LogP contribution in [-0.2, 0) is 11.3 Å². The van der Waals surface area contributed by atoms with Gasteiger partial charge in [-0.05, 0) is 56.1 Å². The maximum atomic E-state index is 11.0. The van der Waals surface area contributed by atoms with Gasteiger partial charge in [0.05, 0.1) is 5.69 Å². The topological polar surface area (TPSA) is 45.2 Å². The number of amides is 1. The Morgan fingerprint density at radius 2 is 2.04 bits per heavy atom. The number of nitrogens with zero attached hydrogens (tertiary/aromatic N) is 2. The quantitative estimate of drug-likeness (QED) is 0.915. The predicted molar refractivity (Wildman–Crippen MR) is 96.4 cm³/mol. The molecule has 1 aromatic heterocycles. The van der Waals surface area contributed by atoms with Crippen molar-refractivity contribution in [3.63, 3.8) is 0 Å². The molecule has 0 saturated carbocycles. The average molecular weight is 323 g/mol. The largest absolute Gasteiger partial charge is 0.352 e. The van der Waals surface area contributed by atoms with Gasteiger partial charge in [0.1, 0.15) is 0 Å². The first kappa shape index (κ1) is 16.7. The van der Waals surface area contributed by atoms with Gasteiger partial charge in [-0.1, -0.05) is 24.3 Å². The summed E-state index contributed by atoms with van der Waals surface area (Å²) in [4.78, 5) is 18.1. The van der Waals surface area contributed by atoms with Crippen molar-refractivity contribution in [3.05, 3.63) is 53.7 Å². The standard InChI is InChI=1S/C20H25N3O/c1-15(23-10-3-4-11-23)18-6-5-7-19(12-18)20-9-8-17(14-22-20)13-21-16(2)24/h5-9,12,14-15H,3-4,10-11,13H2,1-2H3,(H,21,24)/t15-/m1/s1. The monoisotopic (exact) mass is 323 g/mol. The van der Waals surface area contributed by atoms with Crippen LogP contribution >= 0.6 is 0 Å². The zero-order chi connectivity index (χ0) is 16.9. The molecule has 24 heavy (non-hydrogen) atoms. The normalized spacial score (nSPS) is 16.1. The van der Waals surface area contributed by atoms with Gasteiger partial charge in [-0.25, -0.2) is 0 Å². The van der Waals surface area contributed by atoms with Gasteiger partial charge in [0.25, 0.3) is 0 Å². The van der Waals surface area contributed by atoms with Crippen LogP contribution in [0, 0.1) is 0 Å². The average Bonchev–Trinajstić information content (AvgIpc) is 3.14. The van der Waals surface area contributed by atoms with Gasteiger partial charge in [-0.2, -0.15) is 0 Å². The van der Waals surface area contributed by atoms with Crippen molar-refractivity contribution >= 4 is 5.91 Å². The van der Waals surface area contributed by atoms with E-state index >= 15 is 0 Å². The predicted octanol–water partition coefficient (Wildman–Crippen LogP) is 3.54. The second-order valence-electron chi connectivity index (χ2n) is 6.51. The summed E-state index contributed by atoms with van der Waals surface area (Å²) in [7, 11) is 0. The Morgan fingerprint density at radius 1 is 1.25 bits per heavy atom. The third-order valence-corrected chi connectivity index (χ3v) is 4.72. The van der Waals surface area contributed by atoms with Crippen molar-refractivity contribution in [2.45, 2.75) is 39.3 Å². The van der Waals surface area contributed by atoms with E-state index in [4.69, 9.17) is 0 Å². The number of aromatic nitrogens is 1. The van der Waals surface area contributed by atoms with Crippen molar-refractivity contribution in [2.24, 2.45) is 0 Å². The van der Waals surface area contributed by atoms with Crippen LogP contribution in [0.1, 0.15) is 43.9 Å². The first-order chi connectivity index (χ1) is 11.6. The summed E-state index contributed by atoms with van der Waals surface area (Å²) in [6, 6.07) is 13.2. The number of nitrogens with one attached hydrogen (secondary N) is 1. The molecule has 4 nitrogen and oxygen atoms in total. The third-order valence-electron chi connectivity index (χ3n) is 4.72. The molecule has 0 radical (unpaired) electrons. The van der Waals surface area contributed by atoms with E-state index in [1.807, 2.05) is 18.3 Å². The molecule has 0 unspecified atom stereocenters. The number of rotatable bonds is 5. The van der Waals surface area contributed by atoms with E-state index in [9.17, 15) is 4.79 Å². The first-order valence-electron chi connectivity index (χ1n) is 8.67. The Kier molecular flexibility index (Phi) is 5.26. The molecular weight excluding hydrogens is 298 g/mol. The number of hydrogen-bond acceptors (Lipinski definition) is 3. The molecule has 0 bridgehead atoms. The molecular formula is C20H25N3O. The molecule has 1 fully saturated rings. The summed E-state index contributed by atoms with van der Waals surface area (Å²) in [5, 5.41) is 2.79. The molecule has 1 aliphatic heterocycles. The van der Waals surface area contributed by atoms with Gasteiger partial charge >= 0.3 is 0 Å². The number of pyridine rings is 1. The molecule has 3 rings (SSSR count). The Hall–Kier alpha value is -2.20. The van der Waals surface area contributed by atoms with Crippen molar-refractivity contribution in [2.75, 3.05) is 13.1 Å².